The Kier molecular flexibility index (Phi) is 4.96. The van der Waals surface area contributed by atoms with Crippen LogP contribution in [0.2, 0.25) is 0 Å². The fraction of sp³-hybridized carbons (Fsp3) is 0.273. The molecule has 5 nitrogen and oxygen atoms in total. The van der Waals surface area contributed by atoms with Crippen molar-refractivity contribution in [1.29, 1.82) is 0 Å². The molecule has 0 aliphatic rings. The number of ether oxygens (including phenoxy) is 1. The van der Waals surface area contributed by atoms with Crippen LogP contribution in [0, 0.1) is 0 Å². The van der Waals surface area contributed by atoms with Gasteiger partial charge in [-0.25, -0.2) is 0 Å². The van der Waals surface area contributed by atoms with Crippen molar-refractivity contribution in [3.63, 3.8) is 0 Å². The predicted molar refractivity (Wildman–Crippen MR) is 66.2 cm³/mol. The van der Waals surface area contributed by atoms with Crippen molar-refractivity contribution in [2.75, 3.05) is 12.4 Å². The first-order chi connectivity index (χ1) is 8.02. The summed E-state index contributed by atoms with van der Waals surface area (Å²) in [5.74, 6) is -0.834. The number of anilines is 1. The minimum Gasteiger partial charge on any atom is -0.495 e. The molecule has 0 saturated carbocycles. The molecule has 0 aromatic heterocycles. The molecule has 2 N–H and O–H groups in total. The molecule has 0 saturated heterocycles. The second-order valence-electron chi connectivity index (χ2n) is 3.29. The van der Waals surface area contributed by atoms with Crippen LogP contribution < -0.4 is 10.1 Å². The van der Waals surface area contributed by atoms with Crippen LogP contribution in [0.5, 0.6) is 5.75 Å². The van der Waals surface area contributed by atoms with E-state index in [1.807, 2.05) is 0 Å². The van der Waals surface area contributed by atoms with Gasteiger partial charge in [-0.3, -0.25) is 9.59 Å². The third-order valence-corrected chi connectivity index (χ3v) is 2.50. The highest BCUT2D eigenvalue weighted by Gasteiger charge is 2.09. The first-order valence-corrected chi connectivity index (χ1v) is 5.67. The summed E-state index contributed by atoms with van der Waals surface area (Å²) in [5, 5.41) is 11.1. The third-order valence-electron chi connectivity index (χ3n) is 2.00. The summed E-state index contributed by atoms with van der Waals surface area (Å²) >= 11 is 3.28. The molecule has 0 aliphatic carbocycles. The van der Waals surface area contributed by atoms with Gasteiger partial charge in [0.1, 0.15) is 5.75 Å². The minimum absolute atomic E-state index is 0.0610. The molecule has 0 aliphatic heterocycles. The van der Waals surface area contributed by atoms with E-state index >= 15 is 0 Å². The molecule has 1 rings (SSSR count). The number of halogens is 1. The van der Waals surface area contributed by atoms with Crippen LogP contribution in [0.25, 0.3) is 0 Å². The number of aliphatic carboxylic acids is 1. The Bertz CT molecular complexity index is 433. The van der Waals surface area contributed by atoms with Crippen LogP contribution >= 0.6 is 15.9 Å². The largest absolute Gasteiger partial charge is 0.495 e. The van der Waals surface area contributed by atoms with E-state index in [-0.39, 0.29) is 18.7 Å². The zero-order chi connectivity index (χ0) is 12.8. The standard InChI is InChI=1S/C11H12BrNO4/c1-17-9-6-7(12)2-3-8(9)13-10(14)4-5-11(15)16/h2-3,6H,4-5H2,1H3,(H,13,14)(H,15,16). The summed E-state index contributed by atoms with van der Waals surface area (Å²) < 4.78 is 5.92. The highest BCUT2D eigenvalue weighted by atomic mass is 79.9. The number of amides is 1. The van der Waals surface area contributed by atoms with Crippen molar-refractivity contribution in [1.82, 2.24) is 0 Å². The number of benzene rings is 1. The molecule has 0 unspecified atom stereocenters. The second kappa shape index (κ2) is 6.24. The number of carboxylic acids is 1. The number of hydrogen-bond acceptors (Lipinski definition) is 3. The Morgan fingerprint density at radius 1 is 1.41 bits per heavy atom. The topological polar surface area (TPSA) is 75.6 Å². The van der Waals surface area contributed by atoms with E-state index in [4.69, 9.17) is 9.84 Å². The molecule has 0 heterocycles. The predicted octanol–water partition coefficient (Wildman–Crippen LogP) is 2.26. The number of methoxy groups -OCH3 is 1. The van der Waals surface area contributed by atoms with Crippen molar-refractivity contribution in [3.8, 4) is 5.75 Å². The number of hydrogen-bond donors (Lipinski definition) is 2. The smallest absolute Gasteiger partial charge is 0.303 e. The van der Waals surface area contributed by atoms with Gasteiger partial charge in [-0.2, -0.15) is 0 Å². The quantitative estimate of drug-likeness (QED) is 0.875. The molecule has 0 fully saturated rings. The number of carbonyl (C=O) groups is 2. The van der Waals surface area contributed by atoms with Gasteiger partial charge < -0.3 is 15.2 Å². The summed E-state index contributed by atoms with van der Waals surface area (Å²) in [6, 6.07) is 5.16. The number of carboxylic acid groups (broad SMARTS) is 1. The maximum absolute atomic E-state index is 11.4. The number of nitrogens with one attached hydrogen (secondary N) is 1. The zero-order valence-electron chi connectivity index (χ0n) is 9.20. The highest BCUT2D eigenvalue weighted by molar-refractivity contribution is 9.10. The van der Waals surface area contributed by atoms with Crippen molar-refractivity contribution >= 4 is 33.5 Å². The van der Waals surface area contributed by atoms with Crippen molar-refractivity contribution in [3.05, 3.63) is 22.7 Å². The first kappa shape index (κ1) is 13.5. The minimum atomic E-state index is -0.997. The number of rotatable bonds is 5. The summed E-state index contributed by atoms with van der Waals surface area (Å²) in [7, 11) is 1.49. The van der Waals surface area contributed by atoms with E-state index in [1.54, 1.807) is 18.2 Å². The lowest BCUT2D eigenvalue weighted by Gasteiger charge is -2.09. The van der Waals surface area contributed by atoms with Crippen LogP contribution in [0.3, 0.4) is 0 Å². The monoisotopic (exact) mass is 301 g/mol. The summed E-state index contributed by atoms with van der Waals surface area (Å²) in [6.07, 6.45) is -0.251. The van der Waals surface area contributed by atoms with Crippen LogP contribution in [-0.2, 0) is 9.59 Å². The van der Waals surface area contributed by atoms with E-state index in [0.717, 1.165) is 4.47 Å². The van der Waals surface area contributed by atoms with Gasteiger partial charge in [-0.1, -0.05) is 15.9 Å². The molecule has 0 atom stereocenters. The Morgan fingerprint density at radius 2 is 2.12 bits per heavy atom. The Labute approximate surface area is 107 Å². The van der Waals surface area contributed by atoms with Crippen LogP contribution in [0.4, 0.5) is 5.69 Å². The van der Waals surface area contributed by atoms with Crippen molar-refractivity contribution < 1.29 is 19.4 Å². The number of carbonyl (C=O) groups excluding carboxylic acids is 1. The molecular formula is C11H12BrNO4. The molecule has 1 amide bonds. The summed E-state index contributed by atoms with van der Waals surface area (Å²) in [6.45, 7) is 0. The van der Waals surface area contributed by atoms with E-state index in [1.165, 1.54) is 7.11 Å². The van der Waals surface area contributed by atoms with Crippen molar-refractivity contribution in [2.24, 2.45) is 0 Å². The van der Waals surface area contributed by atoms with E-state index in [0.29, 0.717) is 11.4 Å². The van der Waals surface area contributed by atoms with Gasteiger partial charge in [0, 0.05) is 10.9 Å². The first-order valence-electron chi connectivity index (χ1n) is 4.88. The zero-order valence-corrected chi connectivity index (χ0v) is 10.8. The van der Waals surface area contributed by atoms with Gasteiger partial charge in [0.05, 0.1) is 19.2 Å². The van der Waals surface area contributed by atoms with Gasteiger partial charge in [-0.15, -0.1) is 0 Å². The summed E-state index contributed by atoms with van der Waals surface area (Å²) in [5.41, 5.74) is 0.520. The molecule has 1 aromatic rings. The fourth-order valence-corrected chi connectivity index (χ4v) is 1.54. The molecule has 1 aromatic carbocycles. The Hall–Kier alpha value is -1.56. The highest BCUT2D eigenvalue weighted by Crippen LogP contribution is 2.28. The van der Waals surface area contributed by atoms with Gasteiger partial charge in [0.2, 0.25) is 5.91 Å². The lowest BCUT2D eigenvalue weighted by molar-refractivity contribution is -0.138. The van der Waals surface area contributed by atoms with Crippen molar-refractivity contribution in [2.45, 2.75) is 12.8 Å². The molecule has 0 spiro atoms. The average Bonchev–Trinajstić information content (AvgIpc) is 2.28. The fourth-order valence-electron chi connectivity index (χ4n) is 1.20. The molecule has 0 radical (unpaired) electrons. The van der Waals surface area contributed by atoms with Crippen LogP contribution in [-0.4, -0.2) is 24.1 Å². The maximum atomic E-state index is 11.4. The Balaban J connectivity index is 2.67. The average molecular weight is 302 g/mol. The lowest BCUT2D eigenvalue weighted by Crippen LogP contribution is -2.13. The molecule has 0 bridgehead atoms. The molecular weight excluding hydrogens is 290 g/mol. The van der Waals surface area contributed by atoms with Crippen LogP contribution in [0.1, 0.15) is 12.8 Å². The van der Waals surface area contributed by atoms with E-state index in [2.05, 4.69) is 21.2 Å². The third kappa shape index (κ3) is 4.44. The molecule has 17 heavy (non-hydrogen) atoms. The lowest BCUT2D eigenvalue weighted by atomic mass is 10.2. The van der Waals surface area contributed by atoms with Crippen LogP contribution in [0.15, 0.2) is 22.7 Å². The molecule has 6 heteroatoms. The van der Waals surface area contributed by atoms with Gasteiger partial charge in [-0.05, 0) is 18.2 Å². The maximum Gasteiger partial charge on any atom is 0.303 e. The van der Waals surface area contributed by atoms with Gasteiger partial charge in [0.25, 0.3) is 0 Å². The molecule has 92 valence electrons. The SMILES string of the molecule is COc1cc(Br)ccc1NC(=O)CCC(=O)O. The van der Waals surface area contributed by atoms with E-state index < -0.39 is 5.97 Å². The Morgan fingerprint density at radius 3 is 2.71 bits per heavy atom. The van der Waals surface area contributed by atoms with E-state index in [9.17, 15) is 9.59 Å². The second-order valence-corrected chi connectivity index (χ2v) is 4.20. The normalized spacial score (nSPS) is 9.76. The van der Waals surface area contributed by atoms with Gasteiger partial charge >= 0.3 is 5.97 Å². The summed E-state index contributed by atoms with van der Waals surface area (Å²) in [4.78, 5) is 21.7. The van der Waals surface area contributed by atoms with Gasteiger partial charge in [0.15, 0.2) is 0 Å².